The van der Waals surface area contributed by atoms with Crippen LogP contribution in [0.4, 0.5) is 34.1 Å². The van der Waals surface area contributed by atoms with Gasteiger partial charge in [0.15, 0.2) is 0 Å². The van der Waals surface area contributed by atoms with Crippen LogP contribution in [0.3, 0.4) is 0 Å². The molecule has 1 saturated carbocycles. The first-order valence-electron chi connectivity index (χ1n) is 15.3. The van der Waals surface area contributed by atoms with Crippen LogP contribution in [0.25, 0.3) is 0 Å². The normalized spacial score (nSPS) is 15.8. The van der Waals surface area contributed by atoms with Crippen LogP contribution in [0.2, 0.25) is 0 Å². The smallest absolute Gasteiger partial charge is 0.252 e. The van der Waals surface area contributed by atoms with Crippen molar-refractivity contribution in [2.24, 2.45) is 0 Å². The van der Waals surface area contributed by atoms with Crippen LogP contribution >= 0.6 is 0 Å². The number of para-hydroxylation sites is 2. The fraction of sp³-hybridized carbons (Fsp3) is 0.211. The highest BCUT2D eigenvalue weighted by Crippen LogP contribution is 2.46. The van der Waals surface area contributed by atoms with Gasteiger partial charge >= 0.3 is 0 Å². The lowest BCUT2D eigenvalue weighted by atomic mass is 9.33. The third-order valence-corrected chi connectivity index (χ3v) is 9.51. The van der Waals surface area contributed by atoms with Gasteiger partial charge in [0, 0.05) is 34.1 Å². The summed E-state index contributed by atoms with van der Waals surface area (Å²) < 4.78 is 0. The second-order valence-corrected chi connectivity index (χ2v) is 12.2. The van der Waals surface area contributed by atoms with Gasteiger partial charge in [-0.1, -0.05) is 79.9 Å². The minimum absolute atomic E-state index is 0.188. The van der Waals surface area contributed by atoms with Gasteiger partial charge < -0.3 is 9.80 Å². The van der Waals surface area contributed by atoms with Gasteiger partial charge in [0.1, 0.15) is 0 Å². The third-order valence-electron chi connectivity index (χ3n) is 9.51. The average molecular weight is 531 g/mol. The zero-order chi connectivity index (χ0) is 27.5. The Morgan fingerprint density at radius 2 is 1.20 bits per heavy atom. The van der Waals surface area contributed by atoms with Gasteiger partial charge in [0.25, 0.3) is 6.71 Å². The van der Waals surface area contributed by atoms with Crippen LogP contribution in [-0.2, 0) is 0 Å². The summed E-state index contributed by atoms with van der Waals surface area (Å²) >= 11 is 0. The van der Waals surface area contributed by atoms with E-state index in [1.807, 2.05) is 0 Å². The molecule has 2 aliphatic heterocycles. The lowest BCUT2D eigenvalue weighted by Crippen LogP contribution is -2.61. The molecule has 2 nitrogen and oxygen atoms in total. The van der Waals surface area contributed by atoms with Crippen molar-refractivity contribution in [1.29, 1.82) is 0 Å². The molecule has 41 heavy (non-hydrogen) atoms. The van der Waals surface area contributed by atoms with Crippen molar-refractivity contribution in [3.05, 3.63) is 126 Å². The van der Waals surface area contributed by atoms with Gasteiger partial charge in [-0.05, 0) is 114 Å². The summed E-state index contributed by atoms with van der Waals surface area (Å²) in [5, 5.41) is 0. The predicted octanol–water partition coefficient (Wildman–Crippen LogP) is 8.43. The summed E-state index contributed by atoms with van der Waals surface area (Å²) in [7, 11) is 0. The van der Waals surface area contributed by atoms with Crippen molar-refractivity contribution < 1.29 is 0 Å². The molecule has 1 fully saturated rings. The molecule has 200 valence electrons. The molecule has 5 aromatic carbocycles. The molecule has 1 aliphatic carbocycles. The molecule has 0 radical (unpaired) electrons. The highest BCUT2D eigenvalue weighted by atomic mass is 15.2. The van der Waals surface area contributed by atoms with E-state index in [1.165, 1.54) is 99.3 Å². The maximum atomic E-state index is 2.56. The molecule has 3 heteroatoms. The Morgan fingerprint density at radius 1 is 0.537 bits per heavy atom. The second kappa shape index (κ2) is 9.70. The zero-order valence-corrected chi connectivity index (χ0v) is 24.0. The predicted molar refractivity (Wildman–Crippen MR) is 176 cm³/mol. The van der Waals surface area contributed by atoms with E-state index in [9.17, 15) is 0 Å². The number of hydrogen-bond donors (Lipinski definition) is 0. The van der Waals surface area contributed by atoms with Crippen molar-refractivity contribution in [3.8, 4) is 0 Å². The van der Waals surface area contributed by atoms with E-state index in [0.717, 1.165) is 0 Å². The van der Waals surface area contributed by atoms with Crippen molar-refractivity contribution in [2.45, 2.75) is 51.9 Å². The first kappa shape index (κ1) is 24.6. The van der Waals surface area contributed by atoms with Gasteiger partial charge in [-0.3, -0.25) is 0 Å². The summed E-state index contributed by atoms with van der Waals surface area (Å²) in [4.78, 5) is 5.10. The van der Waals surface area contributed by atoms with Gasteiger partial charge in [-0.15, -0.1) is 0 Å². The summed E-state index contributed by atoms with van der Waals surface area (Å²) in [6.07, 6.45) is 6.58. The first-order valence-corrected chi connectivity index (χ1v) is 15.3. The molecule has 0 spiro atoms. The van der Waals surface area contributed by atoms with Crippen molar-refractivity contribution in [3.63, 3.8) is 0 Å². The minimum atomic E-state index is 0.188. The Bertz CT molecular complexity index is 1750. The van der Waals surface area contributed by atoms with Crippen LogP contribution in [0.15, 0.2) is 109 Å². The van der Waals surface area contributed by atoms with Crippen LogP contribution in [0.5, 0.6) is 0 Å². The SMILES string of the molecule is Cc1cccc(N2c3ccccc3B3c4ccc(C)cc4N(c4ccccc4)c4cc(C5CCCCC5)cc2c43)c1. The van der Waals surface area contributed by atoms with E-state index in [0.29, 0.717) is 5.92 Å². The first-order chi connectivity index (χ1) is 20.2. The zero-order valence-electron chi connectivity index (χ0n) is 24.0. The molecule has 0 bridgehead atoms. The molecular formula is C38H35BN2. The summed E-state index contributed by atoms with van der Waals surface area (Å²) in [6.45, 7) is 4.61. The van der Waals surface area contributed by atoms with Crippen LogP contribution in [-0.4, -0.2) is 6.71 Å². The van der Waals surface area contributed by atoms with Crippen molar-refractivity contribution in [1.82, 2.24) is 0 Å². The molecule has 0 unspecified atom stereocenters. The molecule has 0 amide bonds. The number of hydrogen-bond acceptors (Lipinski definition) is 2. The topological polar surface area (TPSA) is 6.48 Å². The van der Waals surface area contributed by atoms with Crippen LogP contribution in [0, 0.1) is 13.8 Å². The van der Waals surface area contributed by atoms with E-state index in [1.54, 1.807) is 0 Å². The number of aryl methyl sites for hydroxylation is 2. The van der Waals surface area contributed by atoms with Crippen molar-refractivity contribution in [2.75, 3.05) is 9.80 Å². The van der Waals surface area contributed by atoms with E-state index in [4.69, 9.17) is 0 Å². The van der Waals surface area contributed by atoms with E-state index in [2.05, 4.69) is 133 Å². The Labute approximate surface area is 244 Å². The molecule has 3 aliphatic rings. The maximum Gasteiger partial charge on any atom is 0.252 e. The van der Waals surface area contributed by atoms with Gasteiger partial charge in [0.05, 0.1) is 0 Å². The Hall–Kier alpha value is -4.24. The third kappa shape index (κ3) is 3.94. The summed E-state index contributed by atoms with van der Waals surface area (Å²) in [5.41, 5.74) is 16.0. The van der Waals surface area contributed by atoms with Gasteiger partial charge in [-0.25, -0.2) is 0 Å². The lowest BCUT2D eigenvalue weighted by Gasteiger charge is -2.45. The highest BCUT2D eigenvalue weighted by molar-refractivity contribution is 7.00. The molecule has 2 heterocycles. The maximum absolute atomic E-state index is 2.56. The molecule has 0 aromatic heterocycles. The average Bonchev–Trinajstić information content (AvgIpc) is 3.01. The Balaban J connectivity index is 1.48. The molecule has 0 atom stereocenters. The molecule has 8 rings (SSSR count). The number of benzene rings is 5. The highest BCUT2D eigenvalue weighted by Gasteiger charge is 2.43. The quantitative estimate of drug-likeness (QED) is 0.212. The lowest BCUT2D eigenvalue weighted by molar-refractivity contribution is 0.444. The Kier molecular flexibility index (Phi) is 5.81. The standard InChI is InChI=1S/C38H35BN2/c1-26-12-11-17-31(22-26)41-34-19-10-9-18-32(34)39-33-21-20-27(2)23-35(33)40(30-15-7-4-8-16-30)36-24-29(25-37(41)38(36)39)28-13-5-3-6-14-28/h4,7-12,15-25,28H,3,5-6,13-14H2,1-2H3. The monoisotopic (exact) mass is 530 g/mol. The number of anilines is 6. The second-order valence-electron chi connectivity index (χ2n) is 12.2. The van der Waals surface area contributed by atoms with E-state index < -0.39 is 0 Å². The minimum Gasteiger partial charge on any atom is -0.311 e. The molecule has 0 saturated heterocycles. The largest absolute Gasteiger partial charge is 0.311 e. The summed E-state index contributed by atoms with van der Waals surface area (Å²) in [6, 6.07) is 41.3. The fourth-order valence-corrected chi connectivity index (χ4v) is 7.65. The molecular weight excluding hydrogens is 495 g/mol. The number of nitrogens with zero attached hydrogens (tertiary/aromatic N) is 2. The van der Waals surface area contributed by atoms with Crippen molar-refractivity contribution >= 4 is 57.2 Å². The summed E-state index contributed by atoms with van der Waals surface area (Å²) in [5.74, 6) is 0.608. The molecule has 5 aromatic rings. The fourth-order valence-electron chi connectivity index (χ4n) is 7.65. The number of rotatable bonds is 3. The van der Waals surface area contributed by atoms with E-state index in [-0.39, 0.29) is 6.71 Å². The van der Waals surface area contributed by atoms with Gasteiger partial charge in [0.2, 0.25) is 0 Å². The van der Waals surface area contributed by atoms with Crippen LogP contribution in [0.1, 0.15) is 54.7 Å². The number of fused-ring (bicyclic) bond motifs is 4. The molecule has 0 N–H and O–H groups in total. The van der Waals surface area contributed by atoms with Crippen LogP contribution < -0.4 is 26.2 Å². The van der Waals surface area contributed by atoms with Gasteiger partial charge in [-0.2, -0.15) is 0 Å². The van der Waals surface area contributed by atoms with E-state index >= 15 is 0 Å². The Morgan fingerprint density at radius 3 is 1.98 bits per heavy atom.